The second-order valence-corrected chi connectivity index (χ2v) is 18.2. The predicted molar refractivity (Wildman–Crippen MR) is 148 cm³/mol. The first-order valence-electron chi connectivity index (χ1n) is 12.4. The topological polar surface area (TPSA) is 86.3 Å². The average molecular weight is 572 g/mol. The summed E-state index contributed by atoms with van der Waals surface area (Å²) in [6, 6.07) is 2.17. The van der Waals surface area contributed by atoms with Gasteiger partial charge in [0.05, 0.1) is 0 Å². The summed E-state index contributed by atoms with van der Waals surface area (Å²) < 4.78 is 51.1. The van der Waals surface area contributed by atoms with E-state index in [2.05, 4.69) is 18.5 Å². The first-order chi connectivity index (χ1) is 17.0. The van der Waals surface area contributed by atoms with Crippen LogP contribution in [0.4, 0.5) is 0 Å². The highest BCUT2D eigenvalue weighted by Gasteiger charge is 2.43. The molecule has 0 N–H and O–H groups in total. The van der Waals surface area contributed by atoms with Gasteiger partial charge in [-0.3, -0.25) is 0 Å². The Kier molecular flexibility index (Phi) is 17.3. The van der Waals surface area contributed by atoms with E-state index in [1.165, 1.54) is 0 Å². The van der Waals surface area contributed by atoms with Crippen molar-refractivity contribution in [2.75, 3.05) is 71.0 Å². The summed E-state index contributed by atoms with van der Waals surface area (Å²) in [6.07, 6.45) is 5.35. The molecule has 0 saturated heterocycles. The van der Waals surface area contributed by atoms with Crippen LogP contribution >= 0.6 is 0 Å². The van der Waals surface area contributed by atoms with Gasteiger partial charge >= 0.3 is 26.4 Å². The lowest BCUT2D eigenvalue weighted by molar-refractivity contribution is 0.0950. The summed E-state index contributed by atoms with van der Waals surface area (Å²) in [4.78, 5) is 2.31. The minimum absolute atomic E-state index is 0.175. The monoisotopic (exact) mass is 571 g/mol. The SMILES string of the molecule is C=C(C)N(C)C(CCC[Si](OC)(OC)OC)(CCC[Si](OC)(OC)OC)CCC[Si](OC)(OC)OC. The molecule has 0 unspecified atom stereocenters. The zero-order chi connectivity index (χ0) is 27.9. The standard InChI is InChI=1S/C23H53NO9Si3/c1-22(2)24(3)23(16-13-19-34(25-4,26-5)27-6,17-14-20-35(28-7,29-8)30-9)18-15-21-36(31-10,32-11)33-12/h1,13-21H2,2-12H3. The lowest BCUT2D eigenvalue weighted by atomic mass is 9.82. The Balaban J connectivity index is 5.95. The van der Waals surface area contributed by atoms with Crippen LogP contribution in [0.25, 0.3) is 0 Å². The third-order valence-electron chi connectivity index (χ3n) is 7.46. The lowest BCUT2D eigenvalue weighted by Gasteiger charge is -2.45. The first-order valence-corrected chi connectivity index (χ1v) is 18.2. The summed E-state index contributed by atoms with van der Waals surface area (Å²) in [6.45, 7) is 6.31. The molecule has 13 heteroatoms. The highest BCUT2D eigenvalue weighted by atomic mass is 28.4. The van der Waals surface area contributed by atoms with Gasteiger partial charge in [0.15, 0.2) is 0 Å². The molecule has 0 saturated carbocycles. The van der Waals surface area contributed by atoms with E-state index in [1.807, 2.05) is 6.92 Å². The molecule has 0 heterocycles. The summed E-state index contributed by atoms with van der Waals surface area (Å²) in [5.41, 5.74) is 0.831. The Bertz CT molecular complexity index is 514. The number of allylic oxidation sites excluding steroid dienone is 1. The van der Waals surface area contributed by atoms with Crippen molar-refractivity contribution in [1.29, 1.82) is 0 Å². The summed E-state index contributed by atoms with van der Waals surface area (Å²) >= 11 is 0. The molecule has 0 bridgehead atoms. The second kappa shape index (κ2) is 17.4. The minimum atomic E-state index is -2.68. The minimum Gasteiger partial charge on any atom is -0.377 e. The van der Waals surface area contributed by atoms with Gasteiger partial charge < -0.3 is 44.7 Å². The normalized spacial score (nSPS) is 13.3. The van der Waals surface area contributed by atoms with Crippen molar-refractivity contribution in [3.63, 3.8) is 0 Å². The molecule has 0 rings (SSSR count). The Morgan fingerprint density at radius 2 is 0.778 bits per heavy atom. The van der Waals surface area contributed by atoms with Crippen LogP contribution in [0, 0.1) is 0 Å². The number of nitrogens with zero attached hydrogens (tertiary/aromatic N) is 1. The van der Waals surface area contributed by atoms with Crippen molar-refractivity contribution in [2.45, 2.75) is 69.1 Å². The molecule has 0 radical (unpaired) electrons. The van der Waals surface area contributed by atoms with Crippen molar-refractivity contribution in [3.8, 4) is 0 Å². The molecule has 0 aliphatic carbocycles. The van der Waals surface area contributed by atoms with Gasteiger partial charge in [0.1, 0.15) is 0 Å². The van der Waals surface area contributed by atoms with E-state index in [-0.39, 0.29) is 5.54 Å². The molecule has 0 amide bonds. The Labute approximate surface area is 223 Å². The molecule has 0 atom stereocenters. The predicted octanol–water partition coefficient (Wildman–Crippen LogP) is 4.17. The zero-order valence-corrected chi connectivity index (χ0v) is 27.7. The van der Waals surface area contributed by atoms with E-state index in [9.17, 15) is 0 Å². The van der Waals surface area contributed by atoms with Gasteiger partial charge in [-0.25, -0.2) is 0 Å². The Morgan fingerprint density at radius 1 is 0.556 bits per heavy atom. The van der Waals surface area contributed by atoms with Gasteiger partial charge in [-0.2, -0.15) is 0 Å². The third kappa shape index (κ3) is 9.85. The van der Waals surface area contributed by atoms with Crippen molar-refractivity contribution < 1.29 is 39.8 Å². The molecule has 10 nitrogen and oxygen atoms in total. The van der Waals surface area contributed by atoms with Gasteiger partial charge in [-0.1, -0.05) is 6.58 Å². The smallest absolute Gasteiger partial charge is 0.377 e. The zero-order valence-electron chi connectivity index (χ0n) is 24.7. The van der Waals surface area contributed by atoms with Crippen LogP contribution in [-0.4, -0.2) is 108 Å². The van der Waals surface area contributed by atoms with E-state index < -0.39 is 26.4 Å². The van der Waals surface area contributed by atoms with Gasteiger partial charge in [-0.15, -0.1) is 0 Å². The highest BCUT2D eigenvalue weighted by Crippen LogP contribution is 2.38. The van der Waals surface area contributed by atoms with E-state index in [1.54, 1.807) is 64.0 Å². The lowest BCUT2D eigenvalue weighted by Crippen LogP contribution is -2.49. The maximum absolute atomic E-state index is 5.67. The molecular formula is C23H53NO9Si3. The fourth-order valence-electron chi connectivity index (χ4n) is 4.85. The molecule has 0 aromatic heterocycles. The molecular weight excluding hydrogens is 519 g/mol. The molecule has 36 heavy (non-hydrogen) atoms. The van der Waals surface area contributed by atoms with Crippen LogP contribution in [-0.2, 0) is 39.8 Å². The molecule has 0 spiro atoms. The van der Waals surface area contributed by atoms with Gasteiger partial charge in [0.2, 0.25) is 0 Å². The van der Waals surface area contributed by atoms with Gasteiger partial charge in [0, 0.05) is 100 Å². The summed E-state index contributed by atoms with van der Waals surface area (Å²) in [5, 5.41) is 0. The number of hydrogen-bond donors (Lipinski definition) is 0. The van der Waals surface area contributed by atoms with Crippen LogP contribution in [0.3, 0.4) is 0 Å². The van der Waals surface area contributed by atoms with Gasteiger partial charge in [0.25, 0.3) is 0 Å². The molecule has 0 fully saturated rings. The third-order valence-corrected chi connectivity index (χ3v) is 16.0. The largest absolute Gasteiger partial charge is 0.500 e. The van der Waals surface area contributed by atoms with Crippen LogP contribution in [0.5, 0.6) is 0 Å². The average Bonchev–Trinajstić information content (AvgIpc) is 2.91. The fourth-order valence-corrected chi connectivity index (χ4v) is 10.0. The van der Waals surface area contributed by atoms with Crippen molar-refractivity contribution in [3.05, 3.63) is 12.3 Å². The summed E-state index contributed by atoms with van der Waals surface area (Å²) in [5.74, 6) is 0. The molecule has 216 valence electrons. The summed E-state index contributed by atoms with van der Waals surface area (Å²) in [7, 11) is 8.96. The van der Waals surface area contributed by atoms with Crippen LogP contribution < -0.4 is 0 Å². The Hall–Kier alpha value is -0.169. The van der Waals surface area contributed by atoms with E-state index >= 15 is 0 Å². The van der Waals surface area contributed by atoms with Crippen LogP contribution in [0.15, 0.2) is 12.3 Å². The second-order valence-electron chi connectivity index (χ2n) is 8.97. The maximum Gasteiger partial charge on any atom is 0.500 e. The molecule has 0 aromatic carbocycles. The van der Waals surface area contributed by atoms with Crippen LogP contribution in [0.2, 0.25) is 18.1 Å². The van der Waals surface area contributed by atoms with Crippen molar-refractivity contribution in [2.24, 2.45) is 0 Å². The fraction of sp³-hybridized carbons (Fsp3) is 0.913. The van der Waals surface area contributed by atoms with Crippen LogP contribution in [0.1, 0.15) is 45.4 Å². The van der Waals surface area contributed by atoms with Crippen molar-refractivity contribution in [1.82, 2.24) is 4.90 Å². The quantitative estimate of drug-likeness (QED) is 0.167. The van der Waals surface area contributed by atoms with Gasteiger partial charge in [-0.05, 0) is 45.4 Å². The Morgan fingerprint density at radius 3 is 0.944 bits per heavy atom. The number of hydrogen-bond acceptors (Lipinski definition) is 10. The van der Waals surface area contributed by atoms with E-state index in [4.69, 9.17) is 39.8 Å². The molecule has 0 aliphatic rings. The molecule has 0 aliphatic heterocycles. The maximum atomic E-state index is 5.67. The van der Waals surface area contributed by atoms with E-state index in [0.717, 1.165) is 62.4 Å². The number of rotatable bonds is 23. The van der Waals surface area contributed by atoms with E-state index in [0.29, 0.717) is 0 Å². The van der Waals surface area contributed by atoms with Crippen molar-refractivity contribution >= 4 is 26.4 Å². The molecule has 0 aromatic rings. The highest BCUT2D eigenvalue weighted by molar-refractivity contribution is 6.61. The first kappa shape index (κ1) is 35.8.